The van der Waals surface area contributed by atoms with Crippen molar-refractivity contribution in [2.45, 2.75) is 11.4 Å². The monoisotopic (exact) mass is 412 g/mol. The lowest BCUT2D eigenvalue weighted by molar-refractivity contribution is 0.102. The van der Waals surface area contributed by atoms with Gasteiger partial charge in [-0.3, -0.25) is 10.1 Å². The van der Waals surface area contributed by atoms with Crippen LogP contribution >= 0.6 is 11.3 Å². The zero-order chi connectivity index (χ0) is 19.6. The highest BCUT2D eigenvalue weighted by Crippen LogP contribution is 2.17. The van der Waals surface area contributed by atoms with Crippen molar-refractivity contribution in [3.05, 3.63) is 76.5 Å². The molecule has 2 aromatic carbocycles. The Labute approximate surface area is 165 Å². The minimum atomic E-state index is -3.73. The first-order valence-electron chi connectivity index (χ1n) is 8.39. The number of hydrogen-bond donors (Lipinski definition) is 3. The highest BCUT2D eigenvalue weighted by atomic mass is 32.2. The number of aromatic amines is 1. The Kier molecular flexibility index (Phi) is 4.95. The third-order valence-corrected chi connectivity index (χ3v) is 6.32. The molecule has 142 valence electrons. The summed E-state index contributed by atoms with van der Waals surface area (Å²) in [4.78, 5) is 20.8. The second-order valence-electron chi connectivity index (χ2n) is 5.99. The van der Waals surface area contributed by atoms with E-state index in [0.717, 1.165) is 15.9 Å². The number of hydrogen-bond acceptors (Lipinski definition) is 5. The van der Waals surface area contributed by atoms with E-state index in [9.17, 15) is 13.2 Å². The first-order chi connectivity index (χ1) is 13.5. The average molecular weight is 412 g/mol. The summed E-state index contributed by atoms with van der Waals surface area (Å²) in [6.07, 6.45) is 0. The van der Waals surface area contributed by atoms with Crippen molar-refractivity contribution >= 4 is 44.2 Å². The fourth-order valence-electron chi connectivity index (χ4n) is 2.66. The molecule has 0 saturated heterocycles. The number of carbonyl (C=O) groups excluding carboxylic acids is 1. The molecular formula is C19H16N4O3S2. The molecule has 0 fully saturated rings. The minimum absolute atomic E-state index is 0.0290. The van der Waals surface area contributed by atoms with E-state index in [1.807, 2.05) is 41.8 Å². The molecule has 0 spiro atoms. The van der Waals surface area contributed by atoms with E-state index in [1.54, 1.807) is 6.07 Å². The van der Waals surface area contributed by atoms with Gasteiger partial charge in [0.15, 0.2) is 0 Å². The van der Waals surface area contributed by atoms with Gasteiger partial charge in [0, 0.05) is 17.0 Å². The molecule has 3 N–H and O–H groups in total. The van der Waals surface area contributed by atoms with E-state index in [0.29, 0.717) is 5.95 Å². The van der Waals surface area contributed by atoms with Crippen LogP contribution in [0.15, 0.2) is 70.9 Å². The van der Waals surface area contributed by atoms with Crippen LogP contribution in [0.2, 0.25) is 0 Å². The minimum Gasteiger partial charge on any atom is -0.324 e. The van der Waals surface area contributed by atoms with Crippen LogP contribution < -0.4 is 10.0 Å². The molecule has 0 radical (unpaired) electrons. The molecule has 0 atom stereocenters. The van der Waals surface area contributed by atoms with Gasteiger partial charge in [0.2, 0.25) is 16.0 Å². The lowest BCUT2D eigenvalue weighted by Gasteiger charge is -2.08. The first-order valence-corrected chi connectivity index (χ1v) is 10.8. The maximum Gasteiger partial charge on any atom is 0.258 e. The van der Waals surface area contributed by atoms with E-state index in [1.165, 1.54) is 29.5 Å². The van der Waals surface area contributed by atoms with E-state index < -0.39 is 15.9 Å². The number of H-pyrrole nitrogens is 1. The molecule has 0 aliphatic heterocycles. The number of fused-ring (bicyclic) bond motifs is 1. The number of thiophene rings is 1. The number of carbonyl (C=O) groups is 1. The maximum absolute atomic E-state index is 12.5. The van der Waals surface area contributed by atoms with Crippen LogP contribution in [-0.4, -0.2) is 24.3 Å². The first kappa shape index (κ1) is 18.4. The third kappa shape index (κ3) is 3.96. The average Bonchev–Trinajstić information content (AvgIpc) is 3.35. The highest BCUT2D eigenvalue weighted by Gasteiger charge is 2.17. The van der Waals surface area contributed by atoms with Gasteiger partial charge in [0.25, 0.3) is 5.91 Å². The normalized spacial score (nSPS) is 11.6. The fraction of sp³-hybridized carbons (Fsp3) is 0.0526. The molecule has 0 bridgehead atoms. The summed E-state index contributed by atoms with van der Waals surface area (Å²) >= 11 is 1.47. The summed E-state index contributed by atoms with van der Waals surface area (Å²) < 4.78 is 27.6. The van der Waals surface area contributed by atoms with Crippen LogP contribution in [0.4, 0.5) is 5.95 Å². The molecule has 2 aromatic heterocycles. The molecule has 0 unspecified atom stereocenters. The maximum atomic E-state index is 12.5. The summed E-state index contributed by atoms with van der Waals surface area (Å²) in [5.41, 5.74) is 1.75. The Bertz CT molecular complexity index is 1200. The number of nitrogens with one attached hydrogen (secondary N) is 3. The number of anilines is 1. The van der Waals surface area contributed by atoms with Gasteiger partial charge in [-0.2, -0.15) is 0 Å². The number of aromatic nitrogens is 2. The van der Waals surface area contributed by atoms with Gasteiger partial charge >= 0.3 is 0 Å². The topological polar surface area (TPSA) is 104 Å². The van der Waals surface area contributed by atoms with Gasteiger partial charge in [-0.1, -0.05) is 24.3 Å². The SMILES string of the molecule is O=C(Nc1nc2ccccc2[nH]1)c1cccc(S(=O)(=O)NCc2cccs2)c1. The molecule has 0 saturated carbocycles. The molecule has 4 rings (SSSR count). The van der Waals surface area contributed by atoms with E-state index in [4.69, 9.17) is 0 Å². The van der Waals surface area contributed by atoms with Crippen molar-refractivity contribution < 1.29 is 13.2 Å². The van der Waals surface area contributed by atoms with Crippen LogP contribution in [-0.2, 0) is 16.6 Å². The number of para-hydroxylation sites is 2. The fourth-order valence-corrected chi connectivity index (χ4v) is 4.45. The van der Waals surface area contributed by atoms with Gasteiger partial charge in [-0.05, 0) is 41.8 Å². The Morgan fingerprint density at radius 2 is 1.93 bits per heavy atom. The smallest absolute Gasteiger partial charge is 0.258 e. The predicted molar refractivity (Wildman–Crippen MR) is 109 cm³/mol. The van der Waals surface area contributed by atoms with Crippen molar-refractivity contribution in [1.29, 1.82) is 0 Å². The Morgan fingerprint density at radius 3 is 2.71 bits per heavy atom. The van der Waals surface area contributed by atoms with E-state index >= 15 is 0 Å². The van der Waals surface area contributed by atoms with Crippen LogP contribution in [0.25, 0.3) is 11.0 Å². The van der Waals surface area contributed by atoms with Crippen LogP contribution in [0.1, 0.15) is 15.2 Å². The van der Waals surface area contributed by atoms with Crippen LogP contribution in [0.5, 0.6) is 0 Å². The second kappa shape index (κ2) is 7.55. The molecule has 1 amide bonds. The van der Waals surface area contributed by atoms with Gasteiger partial charge in [0.1, 0.15) is 0 Å². The number of imidazole rings is 1. The molecule has 4 aromatic rings. The molecule has 7 nitrogen and oxygen atoms in total. The molecule has 9 heteroatoms. The van der Waals surface area contributed by atoms with Gasteiger partial charge in [-0.15, -0.1) is 11.3 Å². The highest BCUT2D eigenvalue weighted by molar-refractivity contribution is 7.89. The van der Waals surface area contributed by atoms with Crippen molar-refractivity contribution in [2.24, 2.45) is 0 Å². The van der Waals surface area contributed by atoms with Crippen LogP contribution in [0, 0.1) is 0 Å². The third-order valence-electron chi connectivity index (χ3n) is 4.04. The summed E-state index contributed by atoms with van der Waals surface area (Å²) in [5.74, 6) is -0.148. The van der Waals surface area contributed by atoms with Crippen molar-refractivity contribution in [2.75, 3.05) is 5.32 Å². The lowest BCUT2D eigenvalue weighted by atomic mass is 10.2. The van der Waals surface area contributed by atoms with Crippen molar-refractivity contribution in [3.63, 3.8) is 0 Å². The number of nitrogens with zero attached hydrogens (tertiary/aromatic N) is 1. The molecule has 0 aliphatic rings. The standard InChI is InChI=1S/C19H16N4O3S2/c24-18(23-19-21-16-8-1-2-9-17(16)22-19)13-5-3-7-15(11-13)28(25,26)20-12-14-6-4-10-27-14/h1-11,20H,12H2,(H2,21,22,23,24). The zero-order valence-electron chi connectivity index (χ0n) is 14.5. The van der Waals surface area contributed by atoms with Gasteiger partial charge in [-0.25, -0.2) is 18.1 Å². The number of amides is 1. The molecule has 0 aliphatic carbocycles. The Hall–Kier alpha value is -3.01. The lowest BCUT2D eigenvalue weighted by Crippen LogP contribution is -2.23. The summed E-state index contributed by atoms with van der Waals surface area (Å²) in [5, 5.41) is 4.54. The van der Waals surface area contributed by atoms with Gasteiger partial charge in [0.05, 0.1) is 15.9 Å². The summed E-state index contributed by atoms with van der Waals surface area (Å²) in [7, 11) is -3.73. The number of sulfonamides is 1. The number of rotatable bonds is 6. The van der Waals surface area contributed by atoms with E-state index in [2.05, 4.69) is 20.0 Å². The quantitative estimate of drug-likeness (QED) is 0.452. The summed E-state index contributed by atoms with van der Waals surface area (Å²) in [6, 6.07) is 17.0. The second-order valence-corrected chi connectivity index (χ2v) is 8.79. The molecule has 28 heavy (non-hydrogen) atoms. The largest absolute Gasteiger partial charge is 0.324 e. The van der Waals surface area contributed by atoms with E-state index in [-0.39, 0.29) is 17.0 Å². The van der Waals surface area contributed by atoms with Gasteiger partial charge < -0.3 is 4.98 Å². The Morgan fingerprint density at radius 1 is 1.07 bits per heavy atom. The van der Waals surface area contributed by atoms with Crippen molar-refractivity contribution in [3.8, 4) is 0 Å². The zero-order valence-corrected chi connectivity index (χ0v) is 16.2. The predicted octanol–water partition coefficient (Wildman–Crippen LogP) is 3.36. The molecular weight excluding hydrogens is 396 g/mol. The van der Waals surface area contributed by atoms with Crippen molar-refractivity contribution in [1.82, 2.24) is 14.7 Å². The number of benzene rings is 2. The summed E-state index contributed by atoms with van der Waals surface area (Å²) in [6.45, 7) is 0.204. The Balaban J connectivity index is 1.51. The van der Waals surface area contributed by atoms with Crippen LogP contribution in [0.3, 0.4) is 0 Å². The molecule has 2 heterocycles.